The van der Waals surface area contributed by atoms with Crippen molar-refractivity contribution < 1.29 is 14.6 Å². The zero-order valence-corrected chi connectivity index (χ0v) is 7.95. The Labute approximate surface area is 78.4 Å². The van der Waals surface area contributed by atoms with E-state index in [1.54, 1.807) is 6.92 Å². The molecule has 0 aromatic heterocycles. The summed E-state index contributed by atoms with van der Waals surface area (Å²) >= 11 is 0. The summed E-state index contributed by atoms with van der Waals surface area (Å²) in [5.74, 6) is 0.432. The third-order valence-corrected chi connectivity index (χ3v) is 2.37. The molecule has 0 amide bonds. The van der Waals surface area contributed by atoms with Crippen LogP contribution in [0.3, 0.4) is 0 Å². The highest BCUT2D eigenvalue weighted by Crippen LogP contribution is 2.26. The Morgan fingerprint density at radius 1 is 1.77 bits per heavy atom. The van der Waals surface area contributed by atoms with Gasteiger partial charge in [-0.2, -0.15) is 0 Å². The van der Waals surface area contributed by atoms with Gasteiger partial charge in [-0.05, 0) is 24.8 Å². The molecule has 0 saturated carbocycles. The van der Waals surface area contributed by atoms with Gasteiger partial charge in [0.15, 0.2) is 6.29 Å². The van der Waals surface area contributed by atoms with E-state index in [4.69, 9.17) is 4.74 Å². The van der Waals surface area contributed by atoms with E-state index in [2.05, 4.69) is 6.58 Å². The molecule has 1 aliphatic rings. The topological polar surface area (TPSA) is 46.5 Å². The van der Waals surface area contributed by atoms with Crippen LogP contribution in [0.2, 0.25) is 0 Å². The molecule has 0 radical (unpaired) electrons. The van der Waals surface area contributed by atoms with Gasteiger partial charge in [0, 0.05) is 12.8 Å². The van der Waals surface area contributed by atoms with E-state index in [-0.39, 0.29) is 11.7 Å². The summed E-state index contributed by atoms with van der Waals surface area (Å²) in [4.78, 5) is 10.8. The zero-order chi connectivity index (χ0) is 9.84. The lowest BCUT2D eigenvalue weighted by molar-refractivity contribution is -0.124. The maximum atomic E-state index is 10.8. The Hall–Kier alpha value is -0.670. The maximum Gasteiger partial charge on any atom is 0.155 e. The first kappa shape index (κ1) is 10.4. The molecule has 0 bridgehead atoms. The molecule has 0 aromatic rings. The second-order valence-corrected chi connectivity index (χ2v) is 3.60. The first-order valence-electron chi connectivity index (χ1n) is 4.56. The molecule has 0 aromatic carbocycles. The predicted molar refractivity (Wildman–Crippen MR) is 49.1 cm³/mol. The van der Waals surface area contributed by atoms with E-state index in [0.29, 0.717) is 19.4 Å². The van der Waals surface area contributed by atoms with Gasteiger partial charge in [0.25, 0.3) is 0 Å². The van der Waals surface area contributed by atoms with Crippen molar-refractivity contribution in [3.05, 3.63) is 12.2 Å². The Bertz CT molecular complexity index is 210. The summed E-state index contributed by atoms with van der Waals surface area (Å²) in [6, 6.07) is 0. The van der Waals surface area contributed by atoms with Crippen molar-refractivity contribution in [1.82, 2.24) is 0 Å². The lowest BCUT2D eigenvalue weighted by Gasteiger charge is -2.28. The van der Waals surface area contributed by atoms with Gasteiger partial charge in [-0.15, -0.1) is 0 Å². The zero-order valence-electron chi connectivity index (χ0n) is 7.95. The van der Waals surface area contributed by atoms with Crippen molar-refractivity contribution in [1.29, 1.82) is 0 Å². The van der Waals surface area contributed by atoms with Crippen LogP contribution in [-0.2, 0) is 9.53 Å². The highest BCUT2D eigenvalue weighted by molar-refractivity contribution is 5.75. The molecule has 1 fully saturated rings. The average Bonchev–Trinajstić information content (AvgIpc) is 2.06. The van der Waals surface area contributed by atoms with Crippen LogP contribution >= 0.6 is 0 Å². The van der Waals surface area contributed by atoms with Crippen LogP contribution in [0, 0.1) is 5.92 Å². The SMILES string of the molecule is C=C1COC(O)CC1CCC(C)=O. The van der Waals surface area contributed by atoms with Gasteiger partial charge >= 0.3 is 0 Å². The molecule has 13 heavy (non-hydrogen) atoms. The van der Waals surface area contributed by atoms with E-state index in [0.717, 1.165) is 12.0 Å². The molecule has 2 unspecified atom stereocenters. The fourth-order valence-electron chi connectivity index (χ4n) is 1.50. The number of aliphatic hydroxyl groups excluding tert-OH is 1. The van der Waals surface area contributed by atoms with Gasteiger partial charge in [0.1, 0.15) is 5.78 Å². The average molecular weight is 184 g/mol. The van der Waals surface area contributed by atoms with E-state index >= 15 is 0 Å². The molecule has 0 spiro atoms. The van der Waals surface area contributed by atoms with E-state index in [9.17, 15) is 9.90 Å². The van der Waals surface area contributed by atoms with Gasteiger partial charge in [-0.1, -0.05) is 6.58 Å². The second kappa shape index (κ2) is 4.53. The summed E-state index contributed by atoms with van der Waals surface area (Å²) < 4.78 is 5.00. The Kier molecular flexibility index (Phi) is 3.63. The minimum absolute atomic E-state index is 0.189. The fraction of sp³-hybridized carbons (Fsp3) is 0.700. The first-order valence-corrected chi connectivity index (χ1v) is 4.56. The number of aliphatic hydroxyl groups is 1. The number of carbonyl (C=O) groups excluding carboxylic acids is 1. The Morgan fingerprint density at radius 3 is 3.08 bits per heavy atom. The highest BCUT2D eigenvalue weighted by atomic mass is 16.6. The summed E-state index contributed by atoms with van der Waals surface area (Å²) in [6.45, 7) is 5.86. The van der Waals surface area contributed by atoms with Crippen LogP contribution in [-0.4, -0.2) is 23.8 Å². The smallest absolute Gasteiger partial charge is 0.155 e. The number of hydrogen-bond acceptors (Lipinski definition) is 3. The van der Waals surface area contributed by atoms with Crippen molar-refractivity contribution in [3.63, 3.8) is 0 Å². The molecule has 1 rings (SSSR count). The predicted octanol–water partition coefficient (Wildman–Crippen LogP) is 1.27. The normalized spacial score (nSPS) is 28.9. The van der Waals surface area contributed by atoms with Gasteiger partial charge < -0.3 is 14.6 Å². The first-order chi connectivity index (χ1) is 6.09. The molecule has 0 aliphatic carbocycles. The van der Waals surface area contributed by atoms with Crippen LogP contribution in [0.4, 0.5) is 0 Å². The summed E-state index contributed by atoms with van der Waals surface area (Å²) in [6.07, 6.45) is 1.25. The minimum Gasteiger partial charge on any atom is -0.368 e. The van der Waals surface area contributed by atoms with E-state index < -0.39 is 6.29 Å². The van der Waals surface area contributed by atoms with Gasteiger partial charge in [0.05, 0.1) is 6.61 Å². The number of hydrogen-bond donors (Lipinski definition) is 1. The van der Waals surface area contributed by atoms with Crippen LogP contribution in [0.1, 0.15) is 26.2 Å². The number of Topliss-reactive ketones (excluding diaryl/α,β-unsaturated/α-hetero) is 1. The fourth-order valence-corrected chi connectivity index (χ4v) is 1.50. The molecule has 74 valence electrons. The molecule has 1 heterocycles. The van der Waals surface area contributed by atoms with Crippen LogP contribution in [0.15, 0.2) is 12.2 Å². The van der Waals surface area contributed by atoms with Crippen LogP contribution < -0.4 is 0 Å². The molecule has 1 N–H and O–H groups in total. The number of ketones is 1. The minimum atomic E-state index is -0.678. The molecule has 2 atom stereocenters. The molecule has 3 nitrogen and oxygen atoms in total. The summed E-state index contributed by atoms with van der Waals surface area (Å²) in [5.41, 5.74) is 0.992. The lowest BCUT2D eigenvalue weighted by atomic mass is 9.90. The van der Waals surface area contributed by atoms with Crippen LogP contribution in [0.5, 0.6) is 0 Å². The quantitative estimate of drug-likeness (QED) is 0.672. The van der Waals surface area contributed by atoms with E-state index in [1.807, 2.05) is 0 Å². The largest absolute Gasteiger partial charge is 0.368 e. The van der Waals surface area contributed by atoms with E-state index in [1.165, 1.54) is 0 Å². The number of rotatable bonds is 3. The molecular weight excluding hydrogens is 168 g/mol. The Morgan fingerprint density at radius 2 is 2.46 bits per heavy atom. The van der Waals surface area contributed by atoms with Gasteiger partial charge in [0.2, 0.25) is 0 Å². The lowest BCUT2D eigenvalue weighted by Crippen LogP contribution is -2.27. The monoisotopic (exact) mass is 184 g/mol. The number of ether oxygens (including phenoxy) is 1. The maximum absolute atomic E-state index is 10.8. The van der Waals surface area contributed by atoms with Crippen molar-refractivity contribution >= 4 is 5.78 Å². The third-order valence-electron chi connectivity index (χ3n) is 2.37. The Balaban J connectivity index is 2.37. The van der Waals surface area contributed by atoms with Crippen LogP contribution in [0.25, 0.3) is 0 Å². The third kappa shape index (κ3) is 3.28. The van der Waals surface area contributed by atoms with Gasteiger partial charge in [-0.3, -0.25) is 0 Å². The van der Waals surface area contributed by atoms with Gasteiger partial charge in [-0.25, -0.2) is 0 Å². The van der Waals surface area contributed by atoms with Crippen molar-refractivity contribution in [2.45, 2.75) is 32.5 Å². The summed E-state index contributed by atoms with van der Waals surface area (Å²) in [5, 5.41) is 9.21. The molecule has 1 saturated heterocycles. The molecule has 3 heteroatoms. The molecular formula is C10H16O3. The number of carbonyl (C=O) groups is 1. The van der Waals surface area contributed by atoms with Crippen molar-refractivity contribution in [2.75, 3.05) is 6.61 Å². The van der Waals surface area contributed by atoms with Crippen molar-refractivity contribution in [2.24, 2.45) is 5.92 Å². The standard InChI is InChI=1S/C10H16O3/c1-7-6-13-10(12)5-9(7)4-3-8(2)11/h9-10,12H,1,3-6H2,2H3. The second-order valence-electron chi connectivity index (χ2n) is 3.60. The van der Waals surface area contributed by atoms with Crippen molar-refractivity contribution in [3.8, 4) is 0 Å². The molecule has 1 aliphatic heterocycles. The summed E-state index contributed by atoms with van der Waals surface area (Å²) in [7, 11) is 0. The highest BCUT2D eigenvalue weighted by Gasteiger charge is 2.23.